The zero-order valence-corrected chi connectivity index (χ0v) is 28.1. The van der Waals surface area contributed by atoms with Gasteiger partial charge in [-0.1, -0.05) is 71.9 Å². The van der Waals surface area contributed by atoms with Crippen LogP contribution in [-0.2, 0) is 23.4 Å². The van der Waals surface area contributed by atoms with Gasteiger partial charge in [0.15, 0.2) is 5.60 Å². The Labute approximate surface area is 281 Å². The summed E-state index contributed by atoms with van der Waals surface area (Å²) in [4.78, 5) is 31.4. The number of hydrogen-bond acceptors (Lipinski definition) is 6. The molecule has 0 unspecified atom stereocenters. The highest BCUT2D eigenvalue weighted by Gasteiger charge is 2.52. The SMILES string of the molecule is CC(C)=CCC/C(C)=C/CN1C(=O)[C@](O)([C@H](C)/C=C/CCn2cc(CCO)nn2)c2cc(N3C(=O)c4cccc5cccc3c45)ccc21. The third-order valence-corrected chi connectivity index (χ3v) is 9.34. The molecule has 2 atom stereocenters. The molecule has 0 aliphatic carbocycles. The average molecular weight is 646 g/mol. The minimum atomic E-state index is -1.84. The van der Waals surface area contributed by atoms with Crippen molar-refractivity contribution in [1.82, 2.24) is 15.0 Å². The van der Waals surface area contributed by atoms with E-state index >= 15 is 0 Å². The van der Waals surface area contributed by atoms with Crippen LogP contribution in [0.3, 0.4) is 0 Å². The van der Waals surface area contributed by atoms with Crippen molar-refractivity contribution in [2.24, 2.45) is 5.92 Å². The van der Waals surface area contributed by atoms with Crippen LogP contribution in [0.5, 0.6) is 0 Å². The summed E-state index contributed by atoms with van der Waals surface area (Å²) in [6, 6.07) is 17.1. The zero-order valence-electron chi connectivity index (χ0n) is 28.1. The van der Waals surface area contributed by atoms with E-state index in [2.05, 4.69) is 43.2 Å². The van der Waals surface area contributed by atoms with Crippen LogP contribution in [0.1, 0.15) is 68.6 Å². The minimum Gasteiger partial charge on any atom is -0.396 e. The van der Waals surface area contributed by atoms with Crippen LogP contribution in [0, 0.1) is 5.92 Å². The van der Waals surface area contributed by atoms with E-state index in [1.165, 1.54) is 11.1 Å². The van der Waals surface area contributed by atoms with E-state index in [0.29, 0.717) is 48.4 Å². The van der Waals surface area contributed by atoms with Crippen molar-refractivity contribution >= 4 is 39.6 Å². The molecule has 3 heterocycles. The van der Waals surface area contributed by atoms with Gasteiger partial charge in [0, 0.05) is 54.9 Å². The maximum atomic E-state index is 14.3. The van der Waals surface area contributed by atoms with Crippen LogP contribution in [0.4, 0.5) is 17.1 Å². The molecule has 2 aliphatic heterocycles. The first-order chi connectivity index (χ1) is 23.1. The number of hydrogen-bond donors (Lipinski definition) is 2. The minimum absolute atomic E-state index is 0.0166. The van der Waals surface area contributed by atoms with Gasteiger partial charge in [-0.2, -0.15) is 0 Å². The molecule has 2 N–H and O–H groups in total. The number of aliphatic hydroxyl groups is 2. The highest BCUT2D eigenvalue weighted by molar-refractivity contribution is 6.28. The van der Waals surface area contributed by atoms with Crippen molar-refractivity contribution in [3.05, 3.63) is 113 Å². The van der Waals surface area contributed by atoms with Gasteiger partial charge in [0.2, 0.25) is 0 Å². The van der Waals surface area contributed by atoms with Gasteiger partial charge in [0.1, 0.15) is 0 Å². The Morgan fingerprint density at radius 1 is 1.00 bits per heavy atom. The lowest BCUT2D eigenvalue weighted by atomic mass is 9.82. The van der Waals surface area contributed by atoms with E-state index < -0.39 is 11.5 Å². The topological polar surface area (TPSA) is 112 Å². The van der Waals surface area contributed by atoms with E-state index in [1.807, 2.05) is 79.9 Å². The molecule has 2 aliphatic rings. The first-order valence-electron chi connectivity index (χ1n) is 16.6. The number of carbonyl (C=O) groups excluding carboxylic acids is 2. The molecule has 48 heavy (non-hydrogen) atoms. The number of nitrogens with zero attached hydrogens (tertiary/aromatic N) is 5. The van der Waals surface area contributed by atoms with Crippen molar-refractivity contribution in [2.75, 3.05) is 23.0 Å². The van der Waals surface area contributed by atoms with Crippen molar-refractivity contribution < 1.29 is 19.8 Å². The number of amides is 2. The van der Waals surface area contributed by atoms with Gasteiger partial charge in [-0.05, 0) is 75.8 Å². The molecule has 1 aromatic heterocycles. The number of allylic oxidation sites excluding steroid dienone is 4. The standard InChI is InChI=1S/C39H43N5O4/c1-26(2)10-7-11-27(3)19-22-43-34-18-17-31(44-35-16-9-14-29-13-8-15-32(36(29)35)37(44)46)24-33(34)39(48,38(43)47)28(4)12-5-6-21-42-25-30(20-23-45)40-41-42/h5,8-10,12-19,24-25,28,45,48H,6-7,11,20-23H2,1-4H3/b12-5+,27-19+/t28-,39+/m1/s1. The lowest BCUT2D eigenvalue weighted by molar-refractivity contribution is -0.139. The Balaban J connectivity index is 1.32. The molecule has 6 rings (SSSR count). The van der Waals surface area contributed by atoms with Gasteiger partial charge < -0.3 is 15.1 Å². The molecule has 9 heteroatoms. The Hall–Kier alpha value is -4.86. The highest BCUT2D eigenvalue weighted by Crippen LogP contribution is 2.49. The molecule has 0 saturated heterocycles. The van der Waals surface area contributed by atoms with Gasteiger partial charge in [-0.25, -0.2) is 0 Å². The Morgan fingerprint density at radius 2 is 1.79 bits per heavy atom. The van der Waals surface area contributed by atoms with Crippen molar-refractivity contribution in [2.45, 2.75) is 65.5 Å². The van der Waals surface area contributed by atoms with Crippen LogP contribution in [0.15, 0.2) is 96.2 Å². The first-order valence-corrected chi connectivity index (χ1v) is 16.6. The van der Waals surface area contributed by atoms with E-state index in [0.717, 1.165) is 35.0 Å². The molecular formula is C39H43N5O4. The Bertz CT molecular complexity index is 1950. The fourth-order valence-electron chi connectivity index (χ4n) is 6.69. The van der Waals surface area contributed by atoms with Gasteiger partial charge >= 0.3 is 0 Å². The summed E-state index contributed by atoms with van der Waals surface area (Å²) in [6.45, 7) is 9.01. The lowest BCUT2D eigenvalue weighted by Crippen LogP contribution is -2.44. The molecule has 0 spiro atoms. The molecule has 0 bridgehead atoms. The smallest absolute Gasteiger partial charge is 0.264 e. The molecule has 0 saturated carbocycles. The van der Waals surface area contributed by atoms with E-state index in [1.54, 1.807) is 14.5 Å². The van der Waals surface area contributed by atoms with E-state index in [-0.39, 0.29) is 18.4 Å². The second-order valence-corrected chi connectivity index (χ2v) is 13.0. The summed E-state index contributed by atoms with van der Waals surface area (Å²) in [7, 11) is 0. The average Bonchev–Trinajstić information content (AvgIpc) is 3.71. The largest absolute Gasteiger partial charge is 0.396 e. The number of carbonyl (C=O) groups is 2. The zero-order chi connectivity index (χ0) is 34.0. The van der Waals surface area contributed by atoms with Gasteiger partial charge in [0.25, 0.3) is 11.8 Å². The molecule has 9 nitrogen and oxygen atoms in total. The monoisotopic (exact) mass is 645 g/mol. The Kier molecular flexibility index (Phi) is 9.44. The third-order valence-electron chi connectivity index (χ3n) is 9.34. The van der Waals surface area contributed by atoms with Crippen LogP contribution < -0.4 is 9.80 Å². The first kappa shape index (κ1) is 33.1. The predicted octanol–water partition coefficient (Wildman–Crippen LogP) is 6.77. The molecule has 2 amide bonds. The maximum absolute atomic E-state index is 14.3. The van der Waals surface area contributed by atoms with Crippen molar-refractivity contribution in [3.8, 4) is 0 Å². The Morgan fingerprint density at radius 3 is 2.56 bits per heavy atom. The number of anilines is 3. The summed E-state index contributed by atoms with van der Waals surface area (Å²) in [6.07, 6.45) is 12.8. The number of aromatic nitrogens is 3. The third kappa shape index (κ3) is 6.11. The number of fused-ring (bicyclic) bond motifs is 1. The summed E-state index contributed by atoms with van der Waals surface area (Å²) in [5.41, 5.74) is 4.49. The second-order valence-electron chi connectivity index (χ2n) is 13.0. The van der Waals surface area contributed by atoms with E-state index in [9.17, 15) is 14.7 Å². The molecule has 4 aromatic rings. The highest BCUT2D eigenvalue weighted by atomic mass is 16.3. The van der Waals surface area contributed by atoms with Crippen LogP contribution in [-0.4, -0.2) is 50.2 Å². The normalized spacial score (nSPS) is 18.0. The van der Waals surface area contributed by atoms with Gasteiger partial charge in [-0.3, -0.25) is 19.2 Å². The van der Waals surface area contributed by atoms with E-state index in [4.69, 9.17) is 5.11 Å². The molecular weight excluding hydrogens is 602 g/mol. The quantitative estimate of drug-likeness (QED) is 0.155. The predicted molar refractivity (Wildman–Crippen MR) is 189 cm³/mol. The van der Waals surface area contributed by atoms with Crippen molar-refractivity contribution in [3.63, 3.8) is 0 Å². The van der Waals surface area contributed by atoms with Crippen molar-refractivity contribution in [1.29, 1.82) is 0 Å². The van der Waals surface area contributed by atoms with Crippen LogP contribution in [0.25, 0.3) is 10.8 Å². The second kappa shape index (κ2) is 13.7. The maximum Gasteiger partial charge on any atom is 0.264 e. The molecule has 248 valence electrons. The summed E-state index contributed by atoms with van der Waals surface area (Å²) in [5.74, 6) is -1.09. The fraction of sp³-hybridized carbons (Fsp3) is 0.333. The van der Waals surface area contributed by atoms with Crippen LogP contribution in [0.2, 0.25) is 0 Å². The number of rotatable bonds is 13. The molecule has 0 fully saturated rings. The number of aliphatic hydroxyl groups excluding tert-OH is 1. The molecule has 3 aromatic carbocycles. The number of benzene rings is 3. The molecule has 0 radical (unpaired) electrons. The fourth-order valence-corrected chi connectivity index (χ4v) is 6.69. The lowest BCUT2D eigenvalue weighted by Gasteiger charge is -2.28. The number of aryl methyl sites for hydroxylation is 1. The van der Waals surface area contributed by atoms with Gasteiger partial charge in [-0.15, -0.1) is 5.10 Å². The van der Waals surface area contributed by atoms with Crippen LogP contribution >= 0.6 is 0 Å². The summed E-state index contributed by atoms with van der Waals surface area (Å²) >= 11 is 0. The summed E-state index contributed by atoms with van der Waals surface area (Å²) in [5, 5.41) is 31.6. The summed E-state index contributed by atoms with van der Waals surface area (Å²) < 4.78 is 1.72. The van der Waals surface area contributed by atoms with Gasteiger partial charge in [0.05, 0.1) is 22.6 Å².